The smallest absolute Gasteiger partial charge is 0.286 e. The zero-order valence-electron chi connectivity index (χ0n) is 19.2. The van der Waals surface area contributed by atoms with Crippen molar-refractivity contribution < 1.29 is 14.4 Å². The summed E-state index contributed by atoms with van der Waals surface area (Å²) in [5, 5.41) is 13.9. The van der Waals surface area contributed by atoms with Crippen LogP contribution in [0.4, 0.5) is 5.69 Å². The van der Waals surface area contributed by atoms with E-state index in [9.17, 15) is 14.4 Å². The van der Waals surface area contributed by atoms with E-state index in [-0.39, 0.29) is 27.7 Å². The quantitative estimate of drug-likeness (QED) is 0.565. The molecule has 4 rings (SSSR count). The van der Waals surface area contributed by atoms with Crippen LogP contribution in [-0.4, -0.2) is 45.9 Å². The van der Waals surface area contributed by atoms with E-state index in [1.807, 2.05) is 50.2 Å². The number of hydrogen-bond acceptors (Lipinski definition) is 6. The monoisotopic (exact) mass is 477 g/mol. The molecule has 3 aromatic rings. The summed E-state index contributed by atoms with van der Waals surface area (Å²) >= 11 is 0.974. The largest absolute Gasteiger partial charge is 0.352 e. The maximum Gasteiger partial charge on any atom is 0.286 e. The third kappa shape index (κ3) is 5.85. The number of hydrogen-bond donors (Lipinski definition) is 2. The lowest BCUT2D eigenvalue weighted by Crippen LogP contribution is -2.42. The van der Waals surface area contributed by atoms with Crippen LogP contribution in [0.5, 0.6) is 0 Å². The van der Waals surface area contributed by atoms with E-state index < -0.39 is 5.91 Å². The number of carbonyl (C=O) groups excluding carboxylic acids is 3. The van der Waals surface area contributed by atoms with E-state index in [1.54, 1.807) is 17.0 Å². The average molecular weight is 478 g/mol. The minimum Gasteiger partial charge on any atom is -0.352 e. The lowest BCUT2D eigenvalue weighted by Gasteiger charge is -2.30. The summed E-state index contributed by atoms with van der Waals surface area (Å²) in [6.07, 6.45) is 1.18. The molecule has 2 heterocycles. The van der Waals surface area contributed by atoms with Crippen molar-refractivity contribution in [2.24, 2.45) is 5.92 Å². The number of piperidine rings is 1. The van der Waals surface area contributed by atoms with Crippen LogP contribution < -0.4 is 10.6 Å². The predicted octanol–water partition coefficient (Wildman–Crippen LogP) is 3.58. The minimum atomic E-state index is -0.399. The Labute approximate surface area is 202 Å². The zero-order valence-corrected chi connectivity index (χ0v) is 20.0. The molecule has 0 atom stereocenters. The summed E-state index contributed by atoms with van der Waals surface area (Å²) in [6.45, 7) is 5.42. The third-order valence-electron chi connectivity index (χ3n) is 5.85. The average Bonchev–Trinajstić information content (AvgIpc) is 3.35. The van der Waals surface area contributed by atoms with Gasteiger partial charge in [-0.05, 0) is 44.4 Å². The molecule has 2 aromatic carbocycles. The molecule has 0 saturated carbocycles. The summed E-state index contributed by atoms with van der Waals surface area (Å²) < 4.78 is 0. The van der Waals surface area contributed by atoms with Gasteiger partial charge in [0, 0.05) is 31.2 Å². The molecule has 9 heteroatoms. The van der Waals surface area contributed by atoms with Crippen LogP contribution in [-0.2, 0) is 11.3 Å². The van der Waals surface area contributed by atoms with E-state index in [0.717, 1.165) is 22.5 Å². The topological polar surface area (TPSA) is 104 Å². The molecule has 2 N–H and O–H groups in total. The Morgan fingerprint density at radius 3 is 2.15 bits per heavy atom. The van der Waals surface area contributed by atoms with Gasteiger partial charge in [0.2, 0.25) is 15.9 Å². The fourth-order valence-electron chi connectivity index (χ4n) is 3.74. The number of rotatable bonds is 6. The van der Waals surface area contributed by atoms with Crippen molar-refractivity contribution in [3.05, 3.63) is 75.2 Å². The highest BCUT2D eigenvalue weighted by Gasteiger charge is 2.29. The molecule has 0 spiro atoms. The van der Waals surface area contributed by atoms with Gasteiger partial charge in [-0.2, -0.15) is 0 Å². The number of nitrogens with one attached hydrogen (secondary N) is 2. The lowest BCUT2D eigenvalue weighted by molar-refractivity contribution is -0.126. The van der Waals surface area contributed by atoms with E-state index >= 15 is 0 Å². The molecule has 0 radical (unpaired) electrons. The van der Waals surface area contributed by atoms with Gasteiger partial charge in [-0.25, -0.2) is 0 Å². The van der Waals surface area contributed by atoms with Crippen molar-refractivity contribution in [2.45, 2.75) is 33.2 Å². The highest BCUT2D eigenvalue weighted by atomic mass is 32.1. The maximum absolute atomic E-state index is 12.8. The van der Waals surface area contributed by atoms with E-state index in [0.29, 0.717) is 38.2 Å². The molecule has 3 amide bonds. The van der Waals surface area contributed by atoms with Crippen LogP contribution >= 0.6 is 11.3 Å². The van der Waals surface area contributed by atoms with Crippen LogP contribution in [0, 0.1) is 19.8 Å². The highest BCUT2D eigenvalue weighted by molar-refractivity contribution is 7.15. The van der Waals surface area contributed by atoms with Gasteiger partial charge in [0.15, 0.2) is 0 Å². The van der Waals surface area contributed by atoms with Crippen molar-refractivity contribution >= 4 is 34.7 Å². The first-order valence-corrected chi connectivity index (χ1v) is 12.0. The Kier molecular flexibility index (Phi) is 7.32. The van der Waals surface area contributed by atoms with Crippen molar-refractivity contribution in [2.75, 3.05) is 18.4 Å². The number of anilines is 1. The van der Waals surface area contributed by atoms with Crippen molar-refractivity contribution in [1.29, 1.82) is 0 Å². The zero-order chi connectivity index (χ0) is 24.1. The van der Waals surface area contributed by atoms with Gasteiger partial charge in [-0.15, -0.1) is 10.2 Å². The molecular weight excluding hydrogens is 450 g/mol. The van der Waals surface area contributed by atoms with Crippen LogP contribution in [0.15, 0.2) is 48.5 Å². The fraction of sp³-hybridized carbons (Fsp3) is 0.320. The van der Waals surface area contributed by atoms with Gasteiger partial charge < -0.3 is 15.5 Å². The number of aromatic nitrogens is 2. The molecule has 8 nitrogen and oxygen atoms in total. The number of nitrogens with zero attached hydrogens (tertiary/aromatic N) is 3. The number of aryl methyl sites for hydroxylation is 2. The molecule has 1 fully saturated rings. The summed E-state index contributed by atoms with van der Waals surface area (Å²) in [5.41, 5.74) is 3.99. The van der Waals surface area contributed by atoms with Gasteiger partial charge >= 0.3 is 0 Å². The Morgan fingerprint density at radius 1 is 0.912 bits per heavy atom. The summed E-state index contributed by atoms with van der Waals surface area (Å²) in [5.74, 6) is -0.770. The first-order valence-electron chi connectivity index (χ1n) is 11.2. The molecule has 0 aliphatic carbocycles. The van der Waals surface area contributed by atoms with Crippen molar-refractivity contribution in [3.63, 3.8) is 0 Å². The number of benzene rings is 2. The SMILES string of the molecule is Cc1ccc(CNC(=O)C2CCN(C(=O)c3nnc(C(=O)Nc4ccc(C)cc4)s3)CC2)cc1. The Morgan fingerprint density at radius 2 is 1.50 bits per heavy atom. The van der Waals surface area contributed by atoms with Crippen LogP contribution in [0.2, 0.25) is 0 Å². The predicted molar refractivity (Wildman–Crippen MR) is 131 cm³/mol. The van der Waals surface area contributed by atoms with Gasteiger partial charge in [-0.1, -0.05) is 58.9 Å². The molecule has 1 aliphatic rings. The molecule has 34 heavy (non-hydrogen) atoms. The standard InChI is InChI=1S/C25H27N5O3S/c1-16-3-7-18(8-4-16)15-26-21(31)19-11-13-30(14-12-19)25(33)24-29-28-23(34-24)22(32)27-20-9-5-17(2)6-10-20/h3-10,19H,11-15H2,1-2H3,(H,26,31)(H,27,32). The van der Waals surface area contributed by atoms with Gasteiger partial charge in [-0.3, -0.25) is 14.4 Å². The number of likely N-dealkylation sites (tertiary alicyclic amines) is 1. The van der Waals surface area contributed by atoms with E-state index in [1.165, 1.54) is 5.56 Å². The highest BCUT2D eigenvalue weighted by Crippen LogP contribution is 2.21. The maximum atomic E-state index is 12.8. The lowest BCUT2D eigenvalue weighted by atomic mass is 9.95. The Bertz CT molecular complexity index is 1170. The molecule has 1 saturated heterocycles. The second-order valence-corrected chi connectivity index (χ2v) is 9.48. The molecule has 176 valence electrons. The van der Waals surface area contributed by atoms with Crippen LogP contribution in [0.25, 0.3) is 0 Å². The number of carbonyl (C=O) groups is 3. The first kappa shape index (κ1) is 23.6. The first-order chi connectivity index (χ1) is 16.4. The van der Waals surface area contributed by atoms with Gasteiger partial charge in [0.05, 0.1) is 0 Å². The summed E-state index contributed by atoms with van der Waals surface area (Å²) in [7, 11) is 0. The van der Waals surface area contributed by atoms with Crippen molar-refractivity contribution in [3.8, 4) is 0 Å². The van der Waals surface area contributed by atoms with Gasteiger partial charge in [0.1, 0.15) is 0 Å². The molecule has 1 aromatic heterocycles. The molecule has 0 unspecified atom stereocenters. The normalized spacial score (nSPS) is 14.0. The minimum absolute atomic E-state index is 0.0126. The number of amides is 3. The van der Waals surface area contributed by atoms with E-state index in [4.69, 9.17) is 0 Å². The second kappa shape index (κ2) is 10.6. The molecular formula is C25H27N5O3S. The molecule has 0 bridgehead atoms. The van der Waals surface area contributed by atoms with Crippen molar-refractivity contribution in [1.82, 2.24) is 20.4 Å². The van der Waals surface area contributed by atoms with Crippen LogP contribution in [0.1, 0.15) is 49.1 Å². The molecule has 1 aliphatic heterocycles. The fourth-order valence-corrected chi connectivity index (χ4v) is 4.45. The van der Waals surface area contributed by atoms with Crippen LogP contribution in [0.3, 0.4) is 0 Å². The Balaban J connectivity index is 1.26. The second-order valence-electron chi connectivity index (χ2n) is 8.50. The van der Waals surface area contributed by atoms with E-state index in [2.05, 4.69) is 20.8 Å². The van der Waals surface area contributed by atoms with Gasteiger partial charge in [0.25, 0.3) is 11.8 Å². The Hall–Kier alpha value is -3.59. The third-order valence-corrected chi connectivity index (χ3v) is 6.76. The summed E-state index contributed by atoms with van der Waals surface area (Å²) in [4.78, 5) is 39.5. The summed E-state index contributed by atoms with van der Waals surface area (Å²) in [6, 6.07) is 15.5.